The van der Waals surface area contributed by atoms with Crippen molar-refractivity contribution in [2.24, 2.45) is 0 Å². The first-order valence-electron chi connectivity index (χ1n) is 7.96. The van der Waals surface area contributed by atoms with Gasteiger partial charge in [-0.3, -0.25) is 0 Å². The Kier molecular flexibility index (Phi) is 5.21. The van der Waals surface area contributed by atoms with E-state index in [0.29, 0.717) is 45.5 Å². The van der Waals surface area contributed by atoms with E-state index in [4.69, 9.17) is 13.6 Å². The maximum Gasteiger partial charge on any atom is 0.283 e. The lowest BCUT2D eigenvalue weighted by Crippen LogP contribution is -2.03. The van der Waals surface area contributed by atoms with Gasteiger partial charge in [-0.15, -0.1) is 15.3 Å². The molecule has 0 radical (unpaired) electrons. The molecule has 0 spiro atoms. The van der Waals surface area contributed by atoms with E-state index in [-0.39, 0.29) is 0 Å². The maximum absolute atomic E-state index is 5.65. The molecular formula is C16H13BrN6O3S. The van der Waals surface area contributed by atoms with Gasteiger partial charge in [-0.2, -0.15) is 4.68 Å². The number of hydrogen-bond acceptors (Lipinski definition) is 9. The molecule has 0 amide bonds. The molecule has 0 fully saturated rings. The Morgan fingerprint density at radius 3 is 2.81 bits per heavy atom. The van der Waals surface area contributed by atoms with Gasteiger partial charge < -0.3 is 13.6 Å². The molecule has 4 rings (SSSR count). The third-order valence-electron chi connectivity index (χ3n) is 3.41. The van der Waals surface area contributed by atoms with Crippen LogP contribution in [0.25, 0.3) is 17.3 Å². The standard InChI is InChI=1S/C16H13BrN6O3S/c1-2-24-11-6-4-3-5-10(11)23-16(20-21-22-23)27-9-14-18-19-15(26-14)12-7-8-13(17)25-12/h3-8H,2,9H2,1H3. The minimum Gasteiger partial charge on any atom is -0.492 e. The predicted octanol–water partition coefficient (Wildman–Crippen LogP) is 3.76. The normalized spacial score (nSPS) is 11.0. The first-order valence-corrected chi connectivity index (χ1v) is 9.74. The average molecular weight is 449 g/mol. The van der Waals surface area contributed by atoms with Gasteiger partial charge in [0.15, 0.2) is 10.4 Å². The summed E-state index contributed by atoms with van der Waals surface area (Å²) in [6, 6.07) is 11.1. The van der Waals surface area contributed by atoms with Crippen LogP contribution in [0.2, 0.25) is 0 Å². The van der Waals surface area contributed by atoms with E-state index >= 15 is 0 Å². The average Bonchev–Trinajstić information content (AvgIpc) is 3.41. The summed E-state index contributed by atoms with van der Waals surface area (Å²) in [5.74, 6) is 2.37. The lowest BCUT2D eigenvalue weighted by Gasteiger charge is -2.10. The molecule has 9 nitrogen and oxygen atoms in total. The zero-order chi connectivity index (χ0) is 18.6. The number of hydrogen-bond donors (Lipinski definition) is 0. The number of furan rings is 1. The summed E-state index contributed by atoms with van der Waals surface area (Å²) < 4.78 is 18.9. The molecule has 0 bridgehead atoms. The molecule has 27 heavy (non-hydrogen) atoms. The molecule has 0 aliphatic rings. The number of halogens is 1. The van der Waals surface area contributed by atoms with Crippen molar-refractivity contribution in [2.75, 3.05) is 6.61 Å². The van der Waals surface area contributed by atoms with Crippen LogP contribution in [0, 0.1) is 0 Å². The van der Waals surface area contributed by atoms with Gasteiger partial charge in [-0.25, -0.2) is 0 Å². The van der Waals surface area contributed by atoms with Crippen LogP contribution in [-0.2, 0) is 5.75 Å². The second-order valence-corrected chi connectivity index (χ2v) is 6.89. The van der Waals surface area contributed by atoms with Gasteiger partial charge in [0, 0.05) is 0 Å². The van der Waals surface area contributed by atoms with E-state index in [1.165, 1.54) is 11.8 Å². The Balaban J connectivity index is 1.51. The van der Waals surface area contributed by atoms with Crippen LogP contribution in [0.4, 0.5) is 0 Å². The monoisotopic (exact) mass is 448 g/mol. The SMILES string of the molecule is CCOc1ccccc1-n1nnnc1SCc1nnc(-c2ccc(Br)o2)o1. The highest BCUT2D eigenvalue weighted by Gasteiger charge is 2.16. The Morgan fingerprint density at radius 1 is 1.11 bits per heavy atom. The number of benzene rings is 1. The van der Waals surface area contributed by atoms with Crippen LogP contribution in [0.3, 0.4) is 0 Å². The number of rotatable bonds is 7. The number of nitrogens with zero attached hydrogens (tertiary/aromatic N) is 6. The van der Waals surface area contributed by atoms with Crippen molar-refractivity contribution in [3.63, 3.8) is 0 Å². The molecule has 3 aromatic heterocycles. The molecule has 0 atom stereocenters. The van der Waals surface area contributed by atoms with Gasteiger partial charge in [0.05, 0.1) is 12.4 Å². The van der Waals surface area contributed by atoms with Crippen molar-refractivity contribution < 1.29 is 13.6 Å². The zero-order valence-electron chi connectivity index (χ0n) is 14.1. The van der Waals surface area contributed by atoms with Gasteiger partial charge in [-0.1, -0.05) is 23.9 Å². The van der Waals surface area contributed by atoms with Crippen molar-refractivity contribution in [1.82, 2.24) is 30.4 Å². The number of ether oxygens (including phenoxy) is 1. The highest BCUT2D eigenvalue weighted by atomic mass is 79.9. The van der Waals surface area contributed by atoms with Gasteiger partial charge >= 0.3 is 0 Å². The van der Waals surface area contributed by atoms with E-state index in [1.54, 1.807) is 16.8 Å². The van der Waals surface area contributed by atoms with Crippen LogP contribution >= 0.6 is 27.7 Å². The fourth-order valence-corrected chi connectivity index (χ4v) is 3.32. The molecule has 0 N–H and O–H groups in total. The van der Waals surface area contributed by atoms with E-state index < -0.39 is 0 Å². The van der Waals surface area contributed by atoms with Gasteiger partial charge in [-0.05, 0) is 57.5 Å². The second kappa shape index (κ2) is 7.92. The van der Waals surface area contributed by atoms with Gasteiger partial charge in [0.25, 0.3) is 5.89 Å². The zero-order valence-corrected chi connectivity index (χ0v) is 16.5. The smallest absolute Gasteiger partial charge is 0.283 e. The minimum atomic E-state index is 0.317. The summed E-state index contributed by atoms with van der Waals surface area (Å²) in [6.07, 6.45) is 0. The highest BCUT2D eigenvalue weighted by molar-refractivity contribution is 9.10. The molecule has 0 saturated heterocycles. The fourth-order valence-electron chi connectivity index (χ4n) is 2.30. The summed E-state index contributed by atoms with van der Waals surface area (Å²) in [5.41, 5.74) is 0.763. The third-order valence-corrected chi connectivity index (χ3v) is 4.74. The van der Waals surface area contributed by atoms with Gasteiger partial charge in [0.1, 0.15) is 11.4 Å². The van der Waals surface area contributed by atoms with Crippen LogP contribution in [0.1, 0.15) is 12.8 Å². The molecule has 0 aliphatic carbocycles. The van der Waals surface area contributed by atoms with E-state index in [2.05, 4.69) is 41.7 Å². The highest BCUT2D eigenvalue weighted by Crippen LogP contribution is 2.29. The van der Waals surface area contributed by atoms with Crippen molar-refractivity contribution in [3.05, 3.63) is 47.0 Å². The molecule has 1 aromatic carbocycles. The van der Waals surface area contributed by atoms with Crippen molar-refractivity contribution in [3.8, 4) is 23.1 Å². The van der Waals surface area contributed by atoms with Crippen LogP contribution in [0.15, 0.2) is 55.1 Å². The quantitative estimate of drug-likeness (QED) is 0.390. The van der Waals surface area contributed by atoms with E-state index in [1.807, 2.05) is 31.2 Å². The van der Waals surface area contributed by atoms with Crippen molar-refractivity contribution in [2.45, 2.75) is 17.8 Å². The molecule has 4 aromatic rings. The number of aromatic nitrogens is 6. The number of thioether (sulfide) groups is 1. The summed E-state index contributed by atoms with van der Waals surface area (Å²) in [6.45, 7) is 2.48. The number of para-hydroxylation sites is 2. The Bertz CT molecular complexity index is 1050. The third kappa shape index (κ3) is 3.88. The summed E-state index contributed by atoms with van der Waals surface area (Å²) in [5, 5.41) is 20.5. The van der Waals surface area contributed by atoms with Crippen molar-refractivity contribution in [1.29, 1.82) is 0 Å². The summed E-state index contributed by atoms with van der Waals surface area (Å²) >= 11 is 4.62. The van der Waals surface area contributed by atoms with Gasteiger partial charge in [0.2, 0.25) is 11.0 Å². The second-order valence-electron chi connectivity index (χ2n) is 5.17. The Morgan fingerprint density at radius 2 is 2.00 bits per heavy atom. The fraction of sp³-hybridized carbons (Fsp3) is 0.188. The molecule has 0 aliphatic heterocycles. The summed E-state index contributed by atoms with van der Waals surface area (Å²) in [7, 11) is 0. The first kappa shape index (κ1) is 17.7. The van der Waals surface area contributed by atoms with Crippen LogP contribution < -0.4 is 4.74 Å². The van der Waals surface area contributed by atoms with Crippen LogP contribution in [0.5, 0.6) is 5.75 Å². The minimum absolute atomic E-state index is 0.317. The van der Waals surface area contributed by atoms with E-state index in [9.17, 15) is 0 Å². The maximum atomic E-state index is 5.65. The lowest BCUT2D eigenvalue weighted by molar-refractivity contribution is 0.337. The summed E-state index contributed by atoms with van der Waals surface area (Å²) in [4.78, 5) is 0. The largest absolute Gasteiger partial charge is 0.492 e. The lowest BCUT2D eigenvalue weighted by atomic mass is 10.3. The Labute approximate surface area is 166 Å². The molecule has 3 heterocycles. The molecule has 138 valence electrons. The van der Waals surface area contributed by atoms with Crippen molar-refractivity contribution >= 4 is 27.7 Å². The molecule has 11 heteroatoms. The van der Waals surface area contributed by atoms with E-state index in [0.717, 1.165) is 5.69 Å². The topological polar surface area (TPSA) is 105 Å². The predicted molar refractivity (Wildman–Crippen MR) is 99.6 cm³/mol. The molecule has 0 unspecified atom stereocenters. The number of tetrazole rings is 1. The molecule has 0 saturated carbocycles. The molecular weight excluding hydrogens is 436 g/mol. The van der Waals surface area contributed by atoms with Crippen LogP contribution in [-0.4, -0.2) is 37.0 Å². The first-order chi connectivity index (χ1) is 13.2. The Hall–Kier alpha value is -2.66.